The van der Waals surface area contributed by atoms with Crippen molar-refractivity contribution < 1.29 is 21.6 Å². The molecule has 1 fully saturated rings. The predicted octanol–water partition coefficient (Wildman–Crippen LogP) is 4.24. The van der Waals surface area contributed by atoms with Gasteiger partial charge in [0, 0.05) is 38.1 Å². The van der Waals surface area contributed by atoms with E-state index in [2.05, 4.69) is 14.9 Å². The van der Waals surface area contributed by atoms with Crippen molar-refractivity contribution in [2.75, 3.05) is 25.0 Å². The lowest BCUT2D eigenvalue weighted by Gasteiger charge is -2.29. The number of alkyl halides is 3. The molecule has 0 saturated carbocycles. The van der Waals surface area contributed by atoms with Gasteiger partial charge in [0.1, 0.15) is 0 Å². The lowest BCUT2D eigenvalue weighted by Crippen LogP contribution is -2.36. The second-order valence-corrected chi connectivity index (χ2v) is 10.7. The minimum Gasteiger partial charge on any atom is -0.369 e. The van der Waals surface area contributed by atoms with Crippen molar-refractivity contribution >= 4 is 26.9 Å². The van der Waals surface area contributed by atoms with Crippen molar-refractivity contribution in [2.45, 2.75) is 36.0 Å². The second kappa shape index (κ2) is 9.40. The van der Waals surface area contributed by atoms with Gasteiger partial charge in [-0.05, 0) is 18.1 Å². The van der Waals surface area contributed by atoms with Crippen molar-refractivity contribution in [2.24, 2.45) is 0 Å². The number of hydrogen-bond acceptors (Lipinski definition) is 7. The Kier molecular flexibility index (Phi) is 6.73. The normalized spacial score (nSPS) is 17.4. The highest BCUT2D eigenvalue weighted by Crippen LogP contribution is 2.38. The van der Waals surface area contributed by atoms with Gasteiger partial charge in [0.2, 0.25) is 9.84 Å². The first-order chi connectivity index (χ1) is 15.6. The second-order valence-electron chi connectivity index (χ2n) is 8.05. The third-order valence-corrected chi connectivity index (χ3v) is 7.90. The molecule has 1 aliphatic rings. The lowest BCUT2D eigenvalue weighted by molar-refractivity contribution is -0.137. The molecule has 4 rings (SSSR count). The molecule has 1 saturated heterocycles. The summed E-state index contributed by atoms with van der Waals surface area (Å²) in [4.78, 5) is 11.6. The summed E-state index contributed by atoms with van der Waals surface area (Å²) >= 11 is 1.22. The third kappa shape index (κ3) is 5.53. The van der Waals surface area contributed by atoms with Crippen LogP contribution in [0, 0.1) is 0 Å². The highest BCUT2D eigenvalue weighted by molar-refractivity contribution is 7.90. The summed E-state index contributed by atoms with van der Waals surface area (Å²) in [5, 5.41) is 0.947. The zero-order valence-corrected chi connectivity index (χ0v) is 19.5. The molecule has 2 aromatic heterocycles. The van der Waals surface area contributed by atoms with Crippen molar-refractivity contribution in [3.05, 3.63) is 70.3 Å². The first-order valence-electron chi connectivity index (χ1n) is 10.3. The third-order valence-electron chi connectivity index (χ3n) is 5.73. The van der Waals surface area contributed by atoms with E-state index in [1.807, 2.05) is 30.3 Å². The van der Waals surface area contributed by atoms with Crippen molar-refractivity contribution in [1.82, 2.24) is 14.9 Å². The zero-order chi connectivity index (χ0) is 23.6. The van der Waals surface area contributed by atoms with Crippen LogP contribution in [0.2, 0.25) is 0 Å². The summed E-state index contributed by atoms with van der Waals surface area (Å²) < 4.78 is 67.1. The molecule has 33 heavy (non-hydrogen) atoms. The maximum absolute atomic E-state index is 13.9. The van der Waals surface area contributed by atoms with Gasteiger partial charge in [-0.15, -0.1) is 11.3 Å². The molecule has 0 radical (unpaired) electrons. The molecule has 0 unspecified atom stereocenters. The molecule has 0 amide bonds. The van der Waals surface area contributed by atoms with Gasteiger partial charge >= 0.3 is 6.18 Å². The van der Waals surface area contributed by atoms with E-state index in [0.29, 0.717) is 19.0 Å². The van der Waals surface area contributed by atoms with Crippen molar-refractivity contribution in [3.8, 4) is 0 Å². The summed E-state index contributed by atoms with van der Waals surface area (Å²) in [5.41, 5.74) is 1.77. The number of halogens is 3. The number of likely N-dealkylation sites (tertiary alicyclic amines) is 1. The average molecular weight is 497 g/mol. The number of nitrogens with zero attached hydrogens (tertiary/aromatic N) is 4. The van der Waals surface area contributed by atoms with E-state index < -0.39 is 32.4 Å². The van der Waals surface area contributed by atoms with Crippen molar-refractivity contribution in [3.63, 3.8) is 0 Å². The number of benzene rings is 1. The van der Waals surface area contributed by atoms with Crippen LogP contribution in [0.15, 0.2) is 58.5 Å². The van der Waals surface area contributed by atoms with Crippen LogP contribution < -0.4 is 4.90 Å². The van der Waals surface area contributed by atoms with E-state index in [-0.39, 0.29) is 17.4 Å². The monoisotopic (exact) mass is 496 g/mol. The van der Waals surface area contributed by atoms with Gasteiger partial charge in [0.25, 0.3) is 0 Å². The predicted molar refractivity (Wildman–Crippen MR) is 121 cm³/mol. The Morgan fingerprint density at radius 3 is 2.64 bits per heavy atom. The van der Waals surface area contributed by atoms with Gasteiger partial charge in [0.15, 0.2) is 5.03 Å². The van der Waals surface area contributed by atoms with E-state index in [0.717, 1.165) is 24.8 Å². The van der Waals surface area contributed by atoms with Gasteiger partial charge in [-0.25, -0.2) is 18.4 Å². The number of hydrogen-bond donors (Lipinski definition) is 0. The molecule has 1 aliphatic heterocycles. The van der Waals surface area contributed by atoms with E-state index in [1.165, 1.54) is 16.8 Å². The molecule has 3 aromatic rings. The highest BCUT2D eigenvalue weighted by Gasteiger charge is 2.38. The fraction of sp³-hybridized carbons (Fsp3) is 0.364. The number of sulfone groups is 1. The minimum atomic E-state index is -4.72. The van der Waals surface area contributed by atoms with Crippen LogP contribution >= 0.6 is 11.3 Å². The van der Waals surface area contributed by atoms with E-state index in [1.54, 1.807) is 17.3 Å². The lowest BCUT2D eigenvalue weighted by atomic mass is 10.1. The number of anilines is 1. The Morgan fingerprint density at radius 2 is 1.97 bits per heavy atom. The molecule has 1 atom stereocenters. The maximum Gasteiger partial charge on any atom is 0.418 e. The van der Waals surface area contributed by atoms with E-state index in [4.69, 9.17) is 0 Å². The van der Waals surface area contributed by atoms with Crippen LogP contribution in [-0.2, 0) is 28.3 Å². The zero-order valence-electron chi connectivity index (χ0n) is 17.9. The highest BCUT2D eigenvalue weighted by atomic mass is 32.2. The SMILES string of the molecule is CN(c1cnc(S(=O)(=O)Cc2cscn2)cc1C(F)(F)F)[C@H]1CCN(Cc2ccccc2)C1. The maximum atomic E-state index is 13.9. The van der Waals surface area contributed by atoms with Gasteiger partial charge in [-0.2, -0.15) is 13.2 Å². The van der Waals surface area contributed by atoms with Gasteiger partial charge in [-0.3, -0.25) is 4.90 Å². The largest absolute Gasteiger partial charge is 0.418 e. The van der Waals surface area contributed by atoms with Crippen LogP contribution in [0.1, 0.15) is 23.2 Å². The van der Waals surface area contributed by atoms with Gasteiger partial charge < -0.3 is 4.90 Å². The number of likely N-dealkylation sites (N-methyl/N-ethyl adjacent to an activating group) is 1. The fourth-order valence-electron chi connectivity index (χ4n) is 3.99. The molecule has 3 heterocycles. The summed E-state index contributed by atoms with van der Waals surface area (Å²) in [5.74, 6) is -0.493. The molecule has 6 nitrogen and oxygen atoms in total. The fourth-order valence-corrected chi connectivity index (χ4v) is 5.86. The number of aromatic nitrogens is 2. The van der Waals surface area contributed by atoms with E-state index in [9.17, 15) is 21.6 Å². The number of thiazole rings is 1. The van der Waals surface area contributed by atoms with E-state index >= 15 is 0 Å². The summed E-state index contributed by atoms with van der Waals surface area (Å²) in [7, 11) is -2.46. The first kappa shape index (κ1) is 23.7. The van der Waals surface area contributed by atoms with Crippen LogP contribution in [0.3, 0.4) is 0 Å². The van der Waals surface area contributed by atoms with Gasteiger partial charge in [0.05, 0.1) is 34.4 Å². The molecular formula is C22H23F3N4O2S2. The Bertz CT molecular complexity index is 1190. The molecule has 0 N–H and O–H groups in total. The Balaban J connectivity index is 1.55. The Labute approximate surface area is 194 Å². The average Bonchev–Trinajstić information content (AvgIpc) is 3.45. The summed E-state index contributed by atoms with van der Waals surface area (Å²) in [6, 6.07) is 10.4. The smallest absolute Gasteiger partial charge is 0.369 e. The van der Waals surface area contributed by atoms with Crippen LogP contribution in [0.4, 0.5) is 18.9 Å². The van der Waals surface area contributed by atoms with Crippen LogP contribution in [0.5, 0.6) is 0 Å². The number of pyridine rings is 1. The molecule has 176 valence electrons. The summed E-state index contributed by atoms with van der Waals surface area (Å²) in [6.45, 7) is 2.09. The molecule has 0 aliphatic carbocycles. The topological polar surface area (TPSA) is 66.4 Å². The molecular weight excluding hydrogens is 473 g/mol. The van der Waals surface area contributed by atoms with Crippen molar-refractivity contribution in [1.29, 1.82) is 0 Å². The standard InChI is InChI=1S/C22H23F3N4O2S2/c1-28(18-7-8-29(12-18)11-16-5-3-2-4-6-16)20-10-26-21(9-19(20)22(23,24)25)33(30,31)14-17-13-32-15-27-17/h2-6,9-10,13,15,18H,7-8,11-12,14H2,1H3/t18-/m0/s1. The Hall–Kier alpha value is -2.50. The van der Waals surface area contributed by atoms with Crippen LogP contribution in [0.25, 0.3) is 0 Å². The minimum absolute atomic E-state index is 0.123. The molecule has 0 spiro atoms. The van der Waals surface area contributed by atoms with Gasteiger partial charge in [-0.1, -0.05) is 30.3 Å². The van der Waals surface area contributed by atoms with Crippen LogP contribution in [-0.4, -0.2) is 49.5 Å². The number of rotatable bonds is 7. The molecule has 1 aromatic carbocycles. The quantitative estimate of drug-likeness (QED) is 0.488. The molecule has 0 bridgehead atoms. The Morgan fingerprint density at radius 1 is 1.21 bits per heavy atom. The molecule has 11 heteroatoms. The summed E-state index contributed by atoms with van der Waals surface area (Å²) in [6.07, 6.45) is -3.00. The first-order valence-corrected chi connectivity index (χ1v) is 12.9.